The minimum atomic E-state index is 0.658. The lowest BCUT2D eigenvalue weighted by Gasteiger charge is -2.29. The highest BCUT2D eigenvalue weighted by Crippen LogP contribution is 2.33. The van der Waals surface area contributed by atoms with Crippen molar-refractivity contribution in [2.45, 2.75) is 39.5 Å². The van der Waals surface area contributed by atoms with E-state index >= 15 is 0 Å². The van der Waals surface area contributed by atoms with Crippen LogP contribution < -0.4 is 0 Å². The molecule has 1 aliphatic rings. The molecule has 0 aromatic rings. The van der Waals surface area contributed by atoms with Gasteiger partial charge in [-0.05, 0) is 36.1 Å². The van der Waals surface area contributed by atoms with Gasteiger partial charge < -0.3 is 0 Å². The quantitative estimate of drug-likeness (QED) is 0.361. The zero-order chi connectivity index (χ0) is 9.68. The first-order valence-electron chi connectivity index (χ1n) is 5.25. The second kappa shape index (κ2) is 5.13. The molecule has 0 N–H and O–H groups in total. The van der Waals surface area contributed by atoms with E-state index in [1.807, 2.05) is 0 Å². The van der Waals surface area contributed by atoms with E-state index in [0.29, 0.717) is 12.5 Å². The Labute approximate surface area is 80.2 Å². The maximum atomic E-state index is 8.20. The van der Waals surface area contributed by atoms with Crippen molar-refractivity contribution < 1.29 is 0 Å². The van der Waals surface area contributed by atoms with Crippen LogP contribution in [0.4, 0.5) is 0 Å². The van der Waals surface area contributed by atoms with Gasteiger partial charge in [0.05, 0.1) is 0 Å². The Bertz CT molecular complexity index is 186. The SMILES string of the molecule is CC(C)C1CCC(CN=[N+]=[N-])CC1. The zero-order valence-electron chi connectivity index (χ0n) is 8.61. The van der Waals surface area contributed by atoms with Gasteiger partial charge in [-0.25, -0.2) is 0 Å². The normalized spacial score (nSPS) is 28.5. The fourth-order valence-electron chi connectivity index (χ4n) is 2.19. The monoisotopic (exact) mass is 181 g/mol. The molecule has 0 aliphatic heterocycles. The molecule has 1 rings (SSSR count). The highest BCUT2D eigenvalue weighted by molar-refractivity contribution is 4.75. The molecule has 13 heavy (non-hydrogen) atoms. The summed E-state index contributed by atoms with van der Waals surface area (Å²) in [5, 5.41) is 3.65. The molecule has 1 fully saturated rings. The van der Waals surface area contributed by atoms with Crippen molar-refractivity contribution in [2.75, 3.05) is 6.54 Å². The molecular weight excluding hydrogens is 162 g/mol. The molecule has 3 heteroatoms. The van der Waals surface area contributed by atoms with Crippen LogP contribution in [0.25, 0.3) is 10.4 Å². The standard InChI is InChI=1S/C10H19N3/c1-8(2)10-5-3-9(4-6-10)7-12-13-11/h8-10H,3-7H2,1-2H3. The average molecular weight is 181 g/mol. The predicted molar refractivity (Wildman–Crippen MR) is 54.3 cm³/mol. The van der Waals surface area contributed by atoms with Gasteiger partial charge in [0.1, 0.15) is 0 Å². The molecular formula is C10H19N3. The predicted octanol–water partition coefficient (Wildman–Crippen LogP) is 3.76. The summed E-state index contributed by atoms with van der Waals surface area (Å²) in [6.45, 7) is 5.32. The maximum absolute atomic E-state index is 8.20. The summed E-state index contributed by atoms with van der Waals surface area (Å²) in [4.78, 5) is 2.81. The molecule has 0 spiro atoms. The number of nitrogens with zero attached hydrogens (tertiary/aromatic N) is 3. The molecule has 0 atom stereocenters. The summed E-state index contributed by atoms with van der Waals surface area (Å²) in [5.41, 5.74) is 8.20. The van der Waals surface area contributed by atoms with Gasteiger partial charge in [0, 0.05) is 11.5 Å². The van der Waals surface area contributed by atoms with Gasteiger partial charge in [0.2, 0.25) is 0 Å². The van der Waals surface area contributed by atoms with E-state index in [4.69, 9.17) is 5.53 Å². The first kappa shape index (κ1) is 10.4. The Kier molecular flexibility index (Phi) is 4.10. The van der Waals surface area contributed by atoms with E-state index in [9.17, 15) is 0 Å². The molecule has 0 amide bonds. The summed E-state index contributed by atoms with van der Waals surface area (Å²) >= 11 is 0. The number of azide groups is 1. The van der Waals surface area contributed by atoms with Crippen molar-refractivity contribution in [3.05, 3.63) is 10.4 Å². The van der Waals surface area contributed by atoms with Gasteiger partial charge in [0.25, 0.3) is 0 Å². The van der Waals surface area contributed by atoms with Gasteiger partial charge in [-0.3, -0.25) is 0 Å². The van der Waals surface area contributed by atoms with E-state index in [1.165, 1.54) is 25.7 Å². The minimum Gasteiger partial charge on any atom is -0.0937 e. The number of hydrogen-bond donors (Lipinski definition) is 0. The number of hydrogen-bond acceptors (Lipinski definition) is 1. The molecule has 0 bridgehead atoms. The van der Waals surface area contributed by atoms with Crippen molar-refractivity contribution in [3.8, 4) is 0 Å². The lowest BCUT2D eigenvalue weighted by atomic mass is 9.77. The minimum absolute atomic E-state index is 0.658. The van der Waals surface area contributed by atoms with Crippen molar-refractivity contribution in [2.24, 2.45) is 22.9 Å². The van der Waals surface area contributed by atoms with Gasteiger partial charge in [0.15, 0.2) is 0 Å². The van der Waals surface area contributed by atoms with Crippen molar-refractivity contribution in [3.63, 3.8) is 0 Å². The summed E-state index contributed by atoms with van der Waals surface area (Å²) in [7, 11) is 0. The molecule has 0 aromatic carbocycles. The Hall–Kier alpha value is -0.690. The third-order valence-corrected chi connectivity index (χ3v) is 3.24. The van der Waals surface area contributed by atoms with Gasteiger partial charge >= 0.3 is 0 Å². The highest BCUT2D eigenvalue weighted by atomic mass is 15.1. The molecule has 74 valence electrons. The molecule has 0 heterocycles. The van der Waals surface area contributed by atoms with E-state index in [0.717, 1.165) is 11.8 Å². The van der Waals surface area contributed by atoms with Crippen LogP contribution in [-0.4, -0.2) is 6.54 Å². The molecule has 0 aromatic heterocycles. The Morgan fingerprint density at radius 2 is 1.92 bits per heavy atom. The summed E-state index contributed by atoms with van der Waals surface area (Å²) in [5.74, 6) is 2.38. The fourth-order valence-corrected chi connectivity index (χ4v) is 2.19. The third-order valence-electron chi connectivity index (χ3n) is 3.24. The summed E-state index contributed by atoms with van der Waals surface area (Å²) in [6.07, 6.45) is 5.15. The lowest BCUT2D eigenvalue weighted by molar-refractivity contribution is 0.228. The van der Waals surface area contributed by atoms with E-state index in [2.05, 4.69) is 23.9 Å². The molecule has 3 nitrogen and oxygen atoms in total. The molecule has 1 saturated carbocycles. The lowest BCUT2D eigenvalue weighted by Crippen LogP contribution is -2.19. The van der Waals surface area contributed by atoms with Crippen molar-refractivity contribution >= 4 is 0 Å². The topological polar surface area (TPSA) is 48.8 Å². The Morgan fingerprint density at radius 3 is 2.38 bits per heavy atom. The van der Waals surface area contributed by atoms with E-state index < -0.39 is 0 Å². The van der Waals surface area contributed by atoms with Crippen LogP contribution in [0.2, 0.25) is 0 Å². The van der Waals surface area contributed by atoms with Crippen LogP contribution in [-0.2, 0) is 0 Å². The first-order valence-corrected chi connectivity index (χ1v) is 5.25. The van der Waals surface area contributed by atoms with Crippen molar-refractivity contribution in [1.82, 2.24) is 0 Å². The smallest absolute Gasteiger partial charge is 0.0286 e. The van der Waals surface area contributed by atoms with Crippen LogP contribution in [0.5, 0.6) is 0 Å². The average Bonchev–Trinajstić information content (AvgIpc) is 2.15. The van der Waals surface area contributed by atoms with Crippen LogP contribution in [0.3, 0.4) is 0 Å². The fraction of sp³-hybridized carbons (Fsp3) is 1.00. The second-order valence-electron chi connectivity index (χ2n) is 4.44. The van der Waals surface area contributed by atoms with Crippen LogP contribution in [0, 0.1) is 17.8 Å². The zero-order valence-corrected chi connectivity index (χ0v) is 8.61. The van der Waals surface area contributed by atoms with Crippen LogP contribution in [0.1, 0.15) is 39.5 Å². The molecule has 0 saturated heterocycles. The third kappa shape index (κ3) is 3.27. The largest absolute Gasteiger partial charge is 0.0937 e. The number of rotatable bonds is 3. The van der Waals surface area contributed by atoms with Gasteiger partial charge in [-0.2, -0.15) is 0 Å². The van der Waals surface area contributed by atoms with Gasteiger partial charge in [-0.15, -0.1) is 0 Å². The first-order chi connectivity index (χ1) is 6.24. The summed E-state index contributed by atoms with van der Waals surface area (Å²) < 4.78 is 0. The molecule has 0 unspecified atom stereocenters. The summed E-state index contributed by atoms with van der Waals surface area (Å²) in [6, 6.07) is 0. The maximum Gasteiger partial charge on any atom is 0.0286 e. The highest BCUT2D eigenvalue weighted by Gasteiger charge is 2.22. The van der Waals surface area contributed by atoms with Gasteiger partial charge in [-0.1, -0.05) is 31.8 Å². The second-order valence-corrected chi connectivity index (χ2v) is 4.44. The molecule has 0 radical (unpaired) electrons. The Balaban J connectivity index is 2.26. The Morgan fingerprint density at radius 1 is 1.31 bits per heavy atom. The molecule has 1 aliphatic carbocycles. The van der Waals surface area contributed by atoms with E-state index in [-0.39, 0.29) is 0 Å². The van der Waals surface area contributed by atoms with Crippen molar-refractivity contribution in [1.29, 1.82) is 0 Å². The van der Waals surface area contributed by atoms with Crippen LogP contribution in [0.15, 0.2) is 5.11 Å². The van der Waals surface area contributed by atoms with Crippen LogP contribution >= 0.6 is 0 Å². The van der Waals surface area contributed by atoms with E-state index in [1.54, 1.807) is 0 Å².